The highest BCUT2D eigenvalue weighted by molar-refractivity contribution is 9.13. The molecule has 0 radical (unpaired) electrons. The number of thiophene rings is 1. The molecule has 0 aliphatic rings. The van der Waals surface area contributed by atoms with E-state index in [1.807, 2.05) is 30.5 Å². The molecule has 88 valence electrons. The molecule has 5 heteroatoms. The second-order valence-electron chi connectivity index (χ2n) is 3.52. The maximum Gasteiger partial charge on any atom is 0.204 e. The number of hydrogen-bond donors (Lipinski definition) is 0. The second kappa shape index (κ2) is 5.34. The lowest BCUT2D eigenvalue weighted by atomic mass is 10.1. The van der Waals surface area contributed by atoms with Crippen molar-refractivity contribution in [1.82, 2.24) is 0 Å². The van der Waals surface area contributed by atoms with Crippen LogP contribution in [0.5, 0.6) is 0 Å². The summed E-state index contributed by atoms with van der Waals surface area (Å²) in [6.07, 6.45) is 0. The van der Waals surface area contributed by atoms with Crippen molar-refractivity contribution >= 4 is 64.9 Å². The van der Waals surface area contributed by atoms with Gasteiger partial charge in [-0.25, -0.2) is 0 Å². The molecule has 17 heavy (non-hydrogen) atoms. The average molecular weight is 439 g/mol. The third-order valence-electron chi connectivity index (χ3n) is 2.33. The smallest absolute Gasteiger partial charge is 0.204 e. The van der Waals surface area contributed by atoms with Crippen LogP contribution < -0.4 is 0 Å². The van der Waals surface area contributed by atoms with E-state index in [1.54, 1.807) is 0 Å². The van der Waals surface area contributed by atoms with E-state index in [2.05, 4.69) is 47.8 Å². The molecule has 0 unspecified atom stereocenters. The Balaban J connectivity index is 2.44. The number of carbonyl (C=O) groups is 1. The van der Waals surface area contributed by atoms with Gasteiger partial charge in [-0.3, -0.25) is 4.79 Å². The lowest BCUT2D eigenvalue weighted by Crippen LogP contribution is -1.99. The highest BCUT2D eigenvalue weighted by Gasteiger charge is 2.17. The predicted molar refractivity (Wildman–Crippen MR) is 82.0 cm³/mol. The van der Waals surface area contributed by atoms with E-state index in [-0.39, 0.29) is 5.78 Å². The monoisotopic (exact) mass is 436 g/mol. The van der Waals surface area contributed by atoms with Gasteiger partial charge in [-0.15, -0.1) is 11.3 Å². The van der Waals surface area contributed by atoms with E-state index >= 15 is 0 Å². The van der Waals surface area contributed by atoms with Gasteiger partial charge in [0, 0.05) is 19.9 Å². The Labute approximate surface area is 129 Å². The summed E-state index contributed by atoms with van der Waals surface area (Å²) in [6.45, 7) is 2.00. The molecule has 0 atom stereocenters. The van der Waals surface area contributed by atoms with Crippen LogP contribution >= 0.6 is 59.1 Å². The first-order valence-electron chi connectivity index (χ1n) is 4.74. The van der Waals surface area contributed by atoms with Crippen LogP contribution in [0.25, 0.3) is 0 Å². The summed E-state index contributed by atoms with van der Waals surface area (Å²) in [5.41, 5.74) is 1.81. The number of carbonyl (C=O) groups excluding carboxylic acids is 1. The van der Waals surface area contributed by atoms with Crippen LogP contribution in [-0.4, -0.2) is 5.78 Å². The van der Waals surface area contributed by atoms with Crippen molar-refractivity contribution in [2.45, 2.75) is 6.92 Å². The molecule has 0 saturated heterocycles. The Kier molecular flexibility index (Phi) is 4.23. The van der Waals surface area contributed by atoms with Gasteiger partial charge in [0.25, 0.3) is 0 Å². The summed E-state index contributed by atoms with van der Waals surface area (Å²) in [6, 6.07) is 5.65. The highest BCUT2D eigenvalue weighted by Crippen LogP contribution is 2.34. The van der Waals surface area contributed by atoms with Gasteiger partial charge >= 0.3 is 0 Å². The summed E-state index contributed by atoms with van der Waals surface area (Å²) < 4.78 is 2.69. The van der Waals surface area contributed by atoms with Crippen LogP contribution in [0.3, 0.4) is 0 Å². The zero-order chi connectivity index (χ0) is 12.6. The van der Waals surface area contributed by atoms with E-state index < -0.39 is 0 Å². The Bertz CT molecular complexity index is 589. The first-order valence-corrected chi connectivity index (χ1v) is 8.00. The van der Waals surface area contributed by atoms with Crippen molar-refractivity contribution in [2.24, 2.45) is 0 Å². The second-order valence-corrected chi connectivity index (χ2v) is 6.90. The molecule has 0 N–H and O–H groups in total. The molecule has 1 aromatic carbocycles. The molecule has 1 aromatic heterocycles. The summed E-state index contributed by atoms with van der Waals surface area (Å²) in [5, 5.41) is 1.90. The summed E-state index contributed by atoms with van der Waals surface area (Å²) in [7, 11) is 0. The summed E-state index contributed by atoms with van der Waals surface area (Å²) >= 11 is 11.7. The van der Waals surface area contributed by atoms with Crippen LogP contribution in [0.15, 0.2) is 37.0 Å². The van der Waals surface area contributed by atoms with Crippen molar-refractivity contribution < 1.29 is 4.79 Å². The van der Waals surface area contributed by atoms with E-state index in [1.165, 1.54) is 11.3 Å². The lowest BCUT2D eigenvalue weighted by molar-refractivity contribution is 0.104. The molecule has 0 amide bonds. The minimum absolute atomic E-state index is 0.0354. The van der Waals surface area contributed by atoms with Gasteiger partial charge in [0.05, 0.1) is 9.35 Å². The molecular formula is C12H7Br3OS. The maximum atomic E-state index is 12.3. The van der Waals surface area contributed by atoms with Gasteiger partial charge in [0.15, 0.2) is 0 Å². The van der Waals surface area contributed by atoms with Gasteiger partial charge in [-0.1, -0.05) is 28.1 Å². The third kappa shape index (κ3) is 2.72. The number of benzene rings is 1. The Morgan fingerprint density at radius 3 is 2.41 bits per heavy atom. The fraction of sp³-hybridized carbons (Fsp3) is 0.0833. The van der Waals surface area contributed by atoms with Gasteiger partial charge in [-0.2, -0.15) is 0 Å². The van der Waals surface area contributed by atoms with Crippen molar-refractivity contribution in [1.29, 1.82) is 0 Å². The lowest BCUT2D eigenvalue weighted by Gasteiger charge is -2.02. The molecule has 0 aliphatic heterocycles. The highest BCUT2D eigenvalue weighted by atomic mass is 79.9. The molecule has 1 nitrogen and oxygen atoms in total. The number of rotatable bonds is 2. The molecule has 2 aromatic rings. The van der Waals surface area contributed by atoms with Crippen molar-refractivity contribution in [2.75, 3.05) is 0 Å². The molecule has 0 aliphatic carbocycles. The molecule has 0 fully saturated rings. The zero-order valence-corrected chi connectivity index (χ0v) is 14.3. The topological polar surface area (TPSA) is 17.1 Å². The quantitative estimate of drug-likeness (QED) is 0.560. The van der Waals surface area contributed by atoms with Crippen molar-refractivity contribution in [3.63, 3.8) is 0 Å². The van der Waals surface area contributed by atoms with Crippen LogP contribution in [0.1, 0.15) is 20.8 Å². The van der Waals surface area contributed by atoms with Crippen LogP contribution in [0, 0.1) is 6.92 Å². The number of halogens is 3. The molecule has 0 bridgehead atoms. The first kappa shape index (κ1) is 13.5. The SMILES string of the molecule is Cc1ccc(C(=O)c2scc(Br)c2Br)cc1Br. The van der Waals surface area contributed by atoms with E-state index in [0.717, 1.165) is 19.0 Å². The van der Waals surface area contributed by atoms with Crippen molar-refractivity contribution in [3.8, 4) is 0 Å². The normalized spacial score (nSPS) is 10.6. The Morgan fingerprint density at radius 2 is 1.88 bits per heavy atom. The molecular weight excluding hydrogens is 432 g/mol. The Morgan fingerprint density at radius 1 is 1.18 bits per heavy atom. The van der Waals surface area contributed by atoms with Gasteiger partial charge in [0.1, 0.15) is 0 Å². The largest absolute Gasteiger partial charge is 0.288 e. The average Bonchev–Trinajstić information content (AvgIpc) is 2.63. The molecule has 1 heterocycles. The van der Waals surface area contributed by atoms with Gasteiger partial charge in [-0.05, 0) is 50.4 Å². The first-order chi connectivity index (χ1) is 8.00. The van der Waals surface area contributed by atoms with Crippen molar-refractivity contribution in [3.05, 3.63) is 53.0 Å². The van der Waals surface area contributed by atoms with Gasteiger partial charge < -0.3 is 0 Å². The van der Waals surface area contributed by atoms with Crippen LogP contribution in [-0.2, 0) is 0 Å². The molecule has 0 saturated carbocycles. The number of ketones is 1. The minimum Gasteiger partial charge on any atom is -0.288 e. The van der Waals surface area contributed by atoms with E-state index in [0.29, 0.717) is 10.4 Å². The summed E-state index contributed by atoms with van der Waals surface area (Å²) in [5.74, 6) is 0.0354. The standard InChI is InChI=1S/C12H7Br3OS/c1-6-2-3-7(4-8(6)13)11(16)12-10(15)9(14)5-17-12/h2-5H,1H3. The maximum absolute atomic E-state index is 12.3. The molecule has 2 rings (SSSR count). The fourth-order valence-electron chi connectivity index (χ4n) is 1.34. The zero-order valence-electron chi connectivity index (χ0n) is 8.76. The summed E-state index contributed by atoms with van der Waals surface area (Å²) in [4.78, 5) is 13.0. The van der Waals surface area contributed by atoms with E-state index in [9.17, 15) is 4.79 Å². The molecule has 0 spiro atoms. The minimum atomic E-state index is 0.0354. The number of aryl methyl sites for hydroxylation is 1. The number of hydrogen-bond acceptors (Lipinski definition) is 2. The van der Waals surface area contributed by atoms with E-state index in [4.69, 9.17) is 0 Å². The Hall–Kier alpha value is 0.0300. The van der Waals surface area contributed by atoms with Crippen LogP contribution in [0.2, 0.25) is 0 Å². The van der Waals surface area contributed by atoms with Crippen LogP contribution in [0.4, 0.5) is 0 Å². The fourth-order valence-corrected chi connectivity index (χ4v) is 3.83. The predicted octanol–water partition coefficient (Wildman–Crippen LogP) is 5.58. The van der Waals surface area contributed by atoms with Gasteiger partial charge in [0.2, 0.25) is 5.78 Å². The third-order valence-corrected chi connectivity index (χ3v) is 6.71.